The average molecular weight is 335 g/mol. The van der Waals surface area contributed by atoms with Crippen LogP contribution in [0.15, 0.2) is 18.2 Å². The first-order chi connectivity index (χ1) is 11.2. The third kappa shape index (κ3) is 2.52. The molecule has 4 nitrogen and oxygen atoms in total. The van der Waals surface area contributed by atoms with E-state index in [0.717, 1.165) is 37.4 Å². The predicted octanol–water partition coefficient (Wildman–Crippen LogP) is 3.27. The van der Waals surface area contributed by atoms with Crippen molar-refractivity contribution in [1.29, 1.82) is 0 Å². The number of hydrogen-bond donors (Lipinski definition) is 1. The number of hydrogen-bond acceptors (Lipinski definition) is 4. The van der Waals surface area contributed by atoms with Gasteiger partial charge in [0.15, 0.2) is 0 Å². The third-order valence-electron chi connectivity index (χ3n) is 5.65. The van der Waals surface area contributed by atoms with Crippen LogP contribution in [0.5, 0.6) is 0 Å². The van der Waals surface area contributed by atoms with Crippen molar-refractivity contribution in [2.45, 2.75) is 44.2 Å². The molecule has 0 amide bonds. The number of fused-ring (bicyclic) bond motifs is 5. The summed E-state index contributed by atoms with van der Waals surface area (Å²) < 4.78 is 5.36. The van der Waals surface area contributed by atoms with Gasteiger partial charge in [0.05, 0.1) is 12.5 Å². The Morgan fingerprint density at radius 3 is 3.09 bits per heavy atom. The van der Waals surface area contributed by atoms with Gasteiger partial charge in [-0.2, -0.15) is 0 Å². The molecule has 0 radical (unpaired) electrons. The SMILES string of the molecule is CCOC(=O)C1CCCN2CCC3c4cc(Cl)ccc4NC3C12. The molecule has 0 aliphatic carbocycles. The maximum atomic E-state index is 12.5. The molecule has 1 aromatic rings. The van der Waals surface area contributed by atoms with Gasteiger partial charge in [-0.05, 0) is 63.0 Å². The van der Waals surface area contributed by atoms with E-state index in [-0.39, 0.29) is 24.0 Å². The summed E-state index contributed by atoms with van der Waals surface area (Å²) in [6, 6.07) is 6.61. The number of anilines is 1. The Kier molecular flexibility index (Phi) is 3.98. The number of carbonyl (C=O) groups excluding carboxylic acids is 1. The number of esters is 1. The monoisotopic (exact) mass is 334 g/mol. The summed E-state index contributed by atoms with van der Waals surface area (Å²) in [5, 5.41) is 4.47. The van der Waals surface area contributed by atoms with Crippen molar-refractivity contribution in [1.82, 2.24) is 4.90 Å². The molecular formula is C18H23ClN2O2. The third-order valence-corrected chi connectivity index (χ3v) is 5.88. The van der Waals surface area contributed by atoms with Crippen molar-refractivity contribution in [2.75, 3.05) is 25.0 Å². The maximum Gasteiger partial charge on any atom is 0.310 e. The minimum Gasteiger partial charge on any atom is -0.466 e. The predicted molar refractivity (Wildman–Crippen MR) is 90.9 cm³/mol. The molecule has 23 heavy (non-hydrogen) atoms. The van der Waals surface area contributed by atoms with Gasteiger partial charge >= 0.3 is 5.97 Å². The van der Waals surface area contributed by atoms with E-state index < -0.39 is 0 Å². The van der Waals surface area contributed by atoms with Gasteiger partial charge in [0.25, 0.3) is 0 Å². The molecule has 4 rings (SSSR count). The fourth-order valence-electron chi connectivity index (χ4n) is 4.74. The summed E-state index contributed by atoms with van der Waals surface area (Å²) in [7, 11) is 0. The van der Waals surface area contributed by atoms with Crippen LogP contribution >= 0.6 is 11.6 Å². The number of benzene rings is 1. The van der Waals surface area contributed by atoms with E-state index in [2.05, 4.69) is 22.3 Å². The molecule has 3 aliphatic heterocycles. The molecule has 3 heterocycles. The molecule has 0 spiro atoms. The van der Waals surface area contributed by atoms with Gasteiger partial charge in [-0.15, -0.1) is 0 Å². The lowest BCUT2D eigenvalue weighted by atomic mass is 9.75. The van der Waals surface area contributed by atoms with E-state index >= 15 is 0 Å². The Morgan fingerprint density at radius 1 is 1.39 bits per heavy atom. The highest BCUT2D eigenvalue weighted by Crippen LogP contribution is 2.47. The number of carbonyl (C=O) groups is 1. The lowest BCUT2D eigenvalue weighted by Crippen LogP contribution is -2.60. The maximum absolute atomic E-state index is 12.5. The van der Waals surface area contributed by atoms with E-state index in [1.165, 1.54) is 11.3 Å². The van der Waals surface area contributed by atoms with Crippen LogP contribution in [0.3, 0.4) is 0 Å². The van der Waals surface area contributed by atoms with Gasteiger partial charge in [-0.1, -0.05) is 11.6 Å². The highest BCUT2D eigenvalue weighted by molar-refractivity contribution is 6.30. The summed E-state index contributed by atoms with van der Waals surface area (Å²) in [6.07, 6.45) is 3.13. The Hall–Kier alpha value is -1.26. The summed E-state index contributed by atoms with van der Waals surface area (Å²) in [5.41, 5.74) is 2.50. The van der Waals surface area contributed by atoms with Crippen LogP contribution in [0.4, 0.5) is 5.69 Å². The fraction of sp³-hybridized carbons (Fsp3) is 0.611. The van der Waals surface area contributed by atoms with Crippen LogP contribution < -0.4 is 5.32 Å². The summed E-state index contributed by atoms with van der Waals surface area (Å²) in [5.74, 6) is 0.396. The Labute approximate surface area is 142 Å². The molecule has 4 unspecified atom stereocenters. The zero-order valence-electron chi connectivity index (χ0n) is 13.4. The summed E-state index contributed by atoms with van der Waals surface area (Å²) in [6.45, 7) is 4.48. The van der Waals surface area contributed by atoms with Gasteiger partial charge in [0.2, 0.25) is 0 Å². The Morgan fingerprint density at radius 2 is 2.26 bits per heavy atom. The van der Waals surface area contributed by atoms with Gasteiger partial charge < -0.3 is 10.1 Å². The van der Waals surface area contributed by atoms with Crippen LogP contribution in [-0.2, 0) is 9.53 Å². The van der Waals surface area contributed by atoms with Gasteiger partial charge in [-0.3, -0.25) is 9.69 Å². The number of nitrogens with zero attached hydrogens (tertiary/aromatic N) is 1. The van der Waals surface area contributed by atoms with Crippen molar-refractivity contribution >= 4 is 23.3 Å². The molecule has 124 valence electrons. The lowest BCUT2D eigenvalue weighted by molar-refractivity contribution is -0.153. The van der Waals surface area contributed by atoms with E-state index in [1.54, 1.807) is 0 Å². The normalized spacial score (nSPS) is 32.4. The quantitative estimate of drug-likeness (QED) is 0.843. The highest BCUT2D eigenvalue weighted by Gasteiger charge is 2.49. The zero-order valence-corrected chi connectivity index (χ0v) is 14.2. The number of halogens is 1. The Bertz CT molecular complexity index is 621. The van der Waals surface area contributed by atoms with Crippen LogP contribution in [0, 0.1) is 5.92 Å². The molecule has 1 aromatic carbocycles. The largest absolute Gasteiger partial charge is 0.466 e. The number of piperidine rings is 2. The van der Waals surface area contributed by atoms with E-state index in [9.17, 15) is 4.79 Å². The number of nitrogens with one attached hydrogen (secondary N) is 1. The van der Waals surface area contributed by atoms with E-state index in [0.29, 0.717) is 12.5 Å². The van der Waals surface area contributed by atoms with Crippen molar-refractivity contribution in [3.8, 4) is 0 Å². The highest BCUT2D eigenvalue weighted by atomic mass is 35.5. The summed E-state index contributed by atoms with van der Waals surface area (Å²) >= 11 is 6.20. The average Bonchev–Trinajstić information content (AvgIpc) is 2.92. The first-order valence-electron chi connectivity index (χ1n) is 8.65. The molecule has 2 saturated heterocycles. The van der Waals surface area contributed by atoms with Crippen molar-refractivity contribution < 1.29 is 9.53 Å². The minimum absolute atomic E-state index is 0.0196. The van der Waals surface area contributed by atoms with Gasteiger partial charge in [0, 0.05) is 28.7 Å². The van der Waals surface area contributed by atoms with Crippen LogP contribution in [0.1, 0.15) is 37.7 Å². The molecule has 0 aromatic heterocycles. The molecule has 5 heteroatoms. The number of ether oxygens (including phenoxy) is 1. The van der Waals surface area contributed by atoms with Crippen molar-refractivity contribution in [3.63, 3.8) is 0 Å². The van der Waals surface area contributed by atoms with E-state index in [4.69, 9.17) is 16.3 Å². The molecule has 3 aliphatic rings. The number of rotatable bonds is 2. The molecule has 0 bridgehead atoms. The molecular weight excluding hydrogens is 312 g/mol. The zero-order chi connectivity index (χ0) is 16.0. The van der Waals surface area contributed by atoms with Crippen LogP contribution in [0.2, 0.25) is 5.02 Å². The minimum atomic E-state index is -0.0290. The van der Waals surface area contributed by atoms with E-state index in [1.807, 2.05) is 13.0 Å². The molecule has 0 saturated carbocycles. The second-order valence-corrected chi connectivity index (χ2v) is 7.26. The smallest absolute Gasteiger partial charge is 0.310 e. The molecule has 2 fully saturated rings. The second kappa shape index (κ2) is 5.99. The molecule has 1 N–H and O–H groups in total. The Balaban J connectivity index is 1.65. The van der Waals surface area contributed by atoms with Crippen molar-refractivity contribution in [2.24, 2.45) is 5.92 Å². The topological polar surface area (TPSA) is 41.6 Å². The molecule has 4 atom stereocenters. The standard InChI is InChI=1S/C18H23ClN2O2/c1-2-23-18(22)13-4-3-8-21-9-7-12-14-10-11(19)5-6-15(14)20-16(12)17(13)21/h5-6,10,12-13,16-17,20H,2-4,7-9H2,1H3. The fourth-order valence-corrected chi connectivity index (χ4v) is 4.92. The van der Waals surface area contributed by atoms with Gasteiger partial charge in [-0.25, -0.2) is 0 Å². The van der Waals surface area contributed by atoms with Crippen molar-refractivity contribution in [3.05, 3.63) is 28.8 Å². The van der Waals surface area contributed by atoms with Crippen LogP contribution in [0.25, 0.3) is 0 Å². The summed E-state index contributed by atoms with van der Waals surface area (Å²) in [4.78, 5) is 15.0. The lowest BCUT2D eigenvalue weighted by Gasteiger charge is -2.48. The van der Waals surface area contributed by atoms with Gasteiger partial charge in [0.1, 0.15) is 0 Å². The first kappa shape index (κ1) is 15.3. The second-order valence-electron chi connectivity index (χ2n) is 6.82. The first-order valence-corrected chi connectivity index (χ1v) is 9.03. The van der Waals surface area contributed by atoms with Crippen LogP contribution in [-0.4, -0.2) is 42.6 Å².